The standard InChI is InChI=1S/C19H25NO3S/c1-13(2)17-12-19(14(3)11-18(17)23-5)24(21,22)20-15(4)16-9-7-6-8-10-16/h6-13,15,20H,1-5H3/t15-/m0/s1. The highest BCUT2D eigenvalue weighted by Gasteiger charge is 2.23. The van der Waals surface area contributed by atoms with Crippen molar-refractivity contribution in [2.75, 3.05) is 7.11 Å². The number of nitrogens with one attached hydrogen (secondary N) is 1. The largest absolute Gasteiger partial charge is 0.496 e. The van der Waals surface area contributed by atoms with Crippen molar-refractivity contribution in [1.82, 2.24) is 4.72 Å². The van der Waals surface area contributed by atoms with Gasteiger partial charge in [0.1, 0.15) is 5.75 Å². The quantitative estimate of drug-likeness (QED) is 0.853. The molecule has 0 aliphatic heterocycles. The smallest absolute Gasteiger partial charge is 0.241 e. The number of rotatable bonds is 6. The molecule has 0 fully saturated rings. The lowest BCUT2D eigenvalue weighted by Crippen LogP contribution is -2.27. The van der Waals surface area contributed by atoms with E-state index in [2.05, 4.69) is 4.72 Å². The average molecular weight is 347 g/mol. The van der Waals surface area contributed by atoms with Gasteiger partial charge in [-0.15, -0.1) is 0 Å². The van der Waals surface area contributed by atoms with Gasteiger partial charge in [-0.2, -0.15) is 0 Å². The first-order chi connectivity index (χ1) is 11.3. The maximum Gasteiger partial charge on any atom is 0.241 e. The van der Waals surface area contributed by atoms with Crippen LogP contribution in [0, 0.1) is 6.92 Å². The lowest BCUT2D eigenvalue weighted by molar-refractivity contribution is 0.406. The Bertz CT molecular complexity index is 799. The van der Waals surface area contributed by atoms with Crippen LogP contribution in [0.25, 0.3) is 0 Å². The van der Waals surface area contributed by atoms with Gasteiger partial charge in [0.2, 0.25) is 10.0 Å². The van der Waals surface area contributed by atoms with Gasteiger partial charge in [0, 0.05) is 6.04 Å². The van der Waals surface area contributed by atoms with E-state index in [4.69, 9.17) is 4.74 Å². The second-order valence-corrected chi connectivity index (χ2v) is 7.95. The maximum absolute atomic E-state index is 12.9. The number of sulfonamides is 1. The fraction of sp³-hybridized carbons (Fsp3) is 0.368. The molecule has 2 aromatic rings. The van der Waals surface area contributed by atoms with Crippen LogP contribution in [0.3, 0.4) is 0 Å². The predicted octanol–water partition coefficient (Wildman–Crippen LogP) is 4.17. The van der Waals surface area contributed by atoms with E-state index < -0.39 is 10.0 Å². The number of hydrogen-bond donors (Lipinski definition) is 1. The van der Waals surface area contributed by atoms with Crippen LogP contribution in [-0.4, -0.2) is 15.5 Å². The zero-order valence-corrected chi connectivity index (χ0v) is 15.6. The van der Waals surface area contributed by atoms with Gasteiger partial charge in [0.15, 0.2) is 0 Å². The molecule has 0 aliphatic carbocycles. The van der Waals surface area contributed by atoms with Crippen molar-refractivity contribution in [3.63, 3.8) is 0 Å². The monoisotopic (exact) mass is 347 g/mol. The highest BCUT2D eigenvalue weighted by molar-refractivity contribution is 7.89. The molecule has 0 spiro atoms. The fourth-order valence-electron chi connectivity index (χ4n) is 2.70. The van der Waals surface area contributed by atoms with E-state index in [-0.39, 0.29) is 12.0 Å². The lowest BCUT2D eigenvalue weighted by Gasteiger charge is -2.19. The molecule has 0 bridgehead atoms. The van der Waals surface area contributed by atoms with E-state index in [9.17, 15) is 8.42 Å². The topological polar surface area (TPSA) is 55.4 Å². The summed E-state index contributed by atoms with van der Waals surface area (Å²) in [5, 5.41) is 0. The van der Waals surface area contributed by atoms with Crippen molar-refractivity contribution >= 4 is 10.0 Å². The Morgan fingerprint density at radius 2 is 1.67 bits per heavy atom. The molecule has 0 heterocycles. The van der Waals surface area contributed by atoms with Gasteiger partial charge in [0.05, 0.1) is 12.0 Å². The second kappa shape index (κ2) is 7.36. The van der Waals surface area contributed by atoms with Crippen LogP contribution < -0.4 is 9.46 Å². The zero-order chi connectivity index (χ0) is 17.9. The Balaban J connectivity index is 2.40. The summed E-state index contributed by atoms with van der Waals surface area (Å²) < 4.78 is 33.9. The minimum atomic E-state index is -3.62. The van der Waals surface area contributed by atoms with Crippen molar-refractivity contribution < 1.29 is 13.2 Å². The molecule has 1 N–H and O–H groups in total. The van der Waals surface area contributed by atoms with E-state index in [1.165, 1.54) is 0 Å². The molecule has 0 amide bonds. The van der Waals surface area contributed by atoms with Gasteiger partial charge in [-0.1, -0.05) is 44.2 Å². The first kappa shape index (κ1) is 18.5. The van der Waals surface area contributed by atoms with Crippen LogP contribution in [0.4, 0.5) is 0 Å². The van der Waals surface area contributed by atoms with Gasteiger partial charge < -0.3 is 4.74 Å². The van der Waals surface area contributed by atoms with E-state index in [1.54, 1.807) is 26.2 Å². The SMILES string of the molecule is COc1cc(C)c(S(=O)(=O)N[C@@H](C)c2ccccc2)cc1C(C)C. The van der Waals surface area contributed by atoms with Crippen molar-refractivity contribution in [3.05, 3.63) is 59.2 Å². The molecule has 130 valence electrons. The summed E-state index contributed by atoms with van der Waals surface area (Å²) in [5.41, 5.74) is 2.48. The zero-order valence-electron chi connectivity index (χ0n) is 14.8. The van der Waals surface area contributed by atoms with Crippen LogP contribution in [0.2, 0.25) is 0 Å². The predicted molar refractivity (Wildman–Crippen MR) is 97.0 cm³/mol. The average Bonchev–Trinajstić information content (AvgIpc) is 2.54. The van der Waals surface area contributed by atoms with Gasteiger partial charge in [-0.25, -0.2) is 13.1 Å². The van der Waals surface area contributed by atoms with E-state index >= 15 is 0 Å². The molecule has 0 aliphatic rings. The minimum absolute atomic E-state index is 0.168. The summed E-state index contributed by atoms with van der Waals surface area (Å²) >= 11 is 0. The number of ether oxygens (including phenoxy) is 1. The number of hydrogen-bond acceptors (Lipinski definition) is 3. The number of methoxy groups -OCH3 is 1. The molecule has 0 saturated carbocycles. The molecule has 0 saturated heterocycles. The molecule has 0 radical (unpaired) electrons. The van der Waals surface area contributed by atoms with Crippen molar-refractivity contribution in [1.29, 1.82) is 0 Å². The Labute approximate surface area is 144 Å². The van der Waals surface area contributed by atoms with E-state index in [1.807, 2.05) is 51.1 Å². The molecule has 5 heteroatoms. The van der Waals surface area contributed by atoms with Crippen LogP contribution in [0.5, 0.6) is 5.75 Å². The molecular formula is C19H25NO3S. The molecule has 1 atom stereocenters. The maximum atomic E-state index is 12.9. The van der Waals surface area contributed by atoms with Crippen molar-refractivity contribution in [2.24, 2.45) is 0 Å². The number of benzene rings is 2. The van der Waals surface area contributed by atoms with Crippen LogP contribution in [0.15, 0.2) is 47.4 Å². The summed E-state index contributed by atoms with van der Waals surface area (Å²) in [6, 6.07) is 12.7. The summed E-state index contributed by atoms with van der Waals surface area (Å²) in [7, 11) is -2.02. The first-order valence-corrected chi connectivity index (χ1v) is 9.50. The molecule has 0 unspecified atom stereocenters. The lowest BCUT2D eigenvalue weighted by atomic mass is 10.0. The molecule has 24 heavy (non-hydrogen) atoms. The first-order valence-electron chi connectivity index (χ1n) is 8.02. The van der Waals surface area contributed by atoms with Gasteiger partial charge in [0.25, 0.3) is 0 Å². The molecule has 0 aromatic heterocycles. The summed E-state index contributed by atoms with van der Waals surface area (Å²) in [5.74, 6) is 0.888. The Hall–Kier alpha value is -1.85. The van der Waals surface area contributed by atoms with Crippen LogP contribution in [-0.2, 0) is 10.0 Å². The van der Waals surface area contributed by atoms with E-state index in [0.717, 1.165) is 16.9 Å². The van der Waals surface area contributed by atoms with Crippen LogP contribution in [0.1, 0.15) is 49.4 Å². The van der Waals surface area contributed by atoms with Gasteiger partial charge in [-0.3, -0.25) is 0 Å². The van der Waals surface area contributed by atoms with Crippen molar-refractivity contribution in [3.8, 4) is 5.75 Å². The third kappa shape index (κ3) is 3.97. The molecule has 4 nitrogen and oxygen atoms in total. The summed E-state index contributed by atoms with van der Waals surface area (Å²) in [4.78, 5) is 0.301. The van der Waals surface area contributed by atoms with E-state index in [0.29, 0.717) is 10.5 Å². The summed E-state index contributed by atoms with van der Waals surface area (Å²) in [6.07, 6.45) is 0. The van der Waals surface area contributed by atoms with Crippen LogP contribution >= 0.6 is 0 Å². The highest BCUT2D eigenvalue weighted by Crippen LogP contribution is 2.32. The third-order valence-electron chi connectivity index (χ3n) is 4.07. The molecule has 2 aromatic carbocycles. The van der Waals surface area contributed by atoms with Gasteiger partial charge in [-0.05, 0) is 48.6 Å². The second-order valence-electron chi connectivity index (χ2n) is 6.27. The Morgan fingerprint density at radius 3 is 2.21 bits per heavy atom. The third-order valence-corrected chi connectivity index (χ3v) is 5.75. The Kier molecular flexibility index (Phi) is 5.67. The van der Waals surface area contributed by atoms with Gasteiger partial charge >= 0.3 is 0 Å². The fourth-order valence-corrected chi connectivity index (χ4v) is 4.19. The number of aryl methyl sites for hydroxylation is 1. The van der Waals surface area contributed by atoms with Crippen molar-refractivity contribution in [2.45, 2.75) is 44.6 Å². The summed E-state index contributed by atoms with van der Waals surface area (Å²) in [6.45, 7) is 7.66. The normalized spacial score (nSPS) is 13.1. The minimum Gasteiger partial charge on any atom is -0.496 e. The highest BCUT2D eigenvalue weighted by atomic mass is 32.2. The molecule has 2 rings (SSSR count). The Morgan fingerprint density at radius 1 is 1.04 bits per heavy atom. The molecular weight excluding hydrogens is 322 g/mol.